The van der Waals surface area contributed by atoms with E-state index in [2.05, 4.69) is 44.3 Å². The molecule has 0 nitrogen and oxygen atoms in total. The van der Waals surface area contributed by atoms with Gasteiger partial charge in [-0.2, -0.15) is 0 Å². The molecule has 0 aliphatic heterocycles. The normalized spacial score (nSPS) is 15.6. The Hall–Kier alpha value is -1.30. The Bertz CT molecular complexity index is 320. The van der Waals surface area contributed by atoms with Crippen molar-refractivity contribution in [3.63, 3.8) is 0 Å². The van der Waals surface area contributed by atoms with Crippen LogP contribution in [0.25, 0.3) is 0 Å². The van der Waals surface area contributed by atoms with Gasteiger partial charge >= 0.3 is 0 Å². The second-order valence-electron chi connectivity index (χ2n) is 4.72. The fraction of sp³-hybridized carbons (Fsp3) is 0.412. The van der Waals surface area contributed by atoms with Crippen molar-refractivity contribution < 1.29 is 0 Å². The first kappa shape index (κ1) is 13.8. The molecule has 0 saturated heterocycles. The molecule has 92 valence electrons. The molecule has 1 aliphatic rings. The lowest BCUT2D eigenvalue weighted by molar-refractivity contribution is 0.443. The first-order valence-corrected chi connectivity index (χ1v) is 6.58. The molecule has 0 N–H and O–H groups in total. The van der Waals surface area contributed by atoms with Crippen LogP contribution in [-0.4, -0.2) is 0 Å². The van der Waals surface area contributed by atoms with Gasteiger partial charge < -0.3 is 0 Å². The number of benzene rings is 1. The average molecular weight is 228 g/mol. The molecular formula is C17H24. The summed E-state index contributed by atoms with van der Waals surface area (Å²) in [6, 6.07) is 9.10. The van der Waals surface area contributed by atoms with Crippen molar-refractivity contribution in [1.82, 2.24) is 0 Å². The van der Waals surface area contributed by atoms with Gasteiger partial charge in [0.1, 0.15) is 0 Å². The van der Waals surface area contributed by atoms with Crippen molar-refractivity contribution in [2.75, 3.05) is 0 Å². The van der Waals surface area contributed by atoms with Crippen LogP contribution < -0.4 is 0 Å². The van der Waals surface area contributed by atoms with E-state index in [1.807, 2.05) is 0 Å². The van der Waals surface area contributed by atoms with Crippen molar-refractivity contribution in [3.05, 3.63) is 60.7 Å². The van der Waals surface area contributed by atoms with Crippen LogP contribution in [0, 0.1) is 6.92 Å². The van der Waals surface area contributed by atoms with Gasteiger partial charge in [0.05, 0.1) is 0 Å². The third-order valence-corrected chi connectivity index (χ3v) is 3.32. The average Bonchev–Trinajstić information content (AvgIpc) is 2.41. The number of rotatable bonds is 2. The van der Waals surface area contributed by atoms with E-state index in [0.717, 1.165) is 5.92 Å². The summed E-state index contributed by atoms with van der Waals surface area (Å²) in [6.07, 6.45) is 10.4. The molecule has 0 amide bonds. The second-order valence-corrected chi connectivity index (χ2v) is 4.72. The van der Waals surface area contributed by atoms with E-state index in [9.17, 15) is 0 Å². The Kier molecular flexibility index (Phi) is 6.39. The number of hydrogen-bond acceptors (Lipinski definition) is 0. The van der Waals surface area contributed by atoms with Crippen molar-refractivity contribution in [2.45, 2.75) is 44.9 Å². The minimum absolute atomic E-state index is 0.856. The molecule has 0 atom stereocenters. The smallest absolute Gasteiger partial charge is 0.0162 e. The topological polar surface area (TPSA) is 0 Å². The van der Waals surface area contributed by atoms with Gasteiger partial charge in [0.25, 0.3) is 0 Å². The van der Waals surface area contributed by atoms with Gasteiger partial charge in [0, 0.05) is 0 Å². The molecular weight excluding hydrogens is 204 g/mol. The molecule has 0 heterocycles. The van der Waals surface area contributed by atoms with Gasteiger partial charge in [0.15, 0.2) is 0 Å². The maximum absolute atomic E-state index is 3.36. The first-order valence-electron chi connectivity index (χ1n) is 6.58. The van der Waals surface area contributed by atoms with Crippen LogP contribution in [0.1, 0.15) is 49.1 Å². The summed E-state index contributed by atoms with van der Waals surface area (Å²) in [5.74, 6) is 0.856. The zero-order valence-corrected chi connectivity index (χ0v) is 11.0. The molecule has 1 aromatic carbocycles. The van der Waals surface area contributed by atoms with Crippen LogP contribution in [-0.2, 0) is 0 Å². The highest BCUT2D eigenvalue weighted by Gasteiger charge is 2.14. The highest BCUT2D eigenvalue weighted by atomic mass is 14.2. The van der Waals surface area contributed by atoms with Crippen molar-refractivity contribution in [2.24, 2.45) is 0 Å². The zero-order valence-electron chi connectivity index (χ0n) is 11.0. The number of aryl methyl sites for hydroxylation is 1. The summed E-state index contributed by atoms with van der Waals surface area (Å²) in [5.41, 5.74) is 2.94. The predicted molar refractivity (Wildman–Crippen MR) is 77.4 cm³/mol. The van der Waals surface area contributed by atoms with Crippen LogP contribution in [0.2, 0.25) is 0 Å². The minimum atomic E-state index is 0.856. The van der Waals surface area contributed by atoms with E-state index in [1.54, 1.807) is 17.7 Å². The van der Waals surface area contributed by atoms with Crippen LogP contribution in [0.3, 0.4) is 0 Å². The van der Waals surface area contributed by atoms with Crippen LogP contribution in [0.4, 0.5) is 0 Å². The van der Waals surface area contributed by atoms with E-state index in [1.165, 1.54) is 37.7 Å². The standard InChI is InChI=1S/C13H18.C4H6/c1-11-7-9-13(10-8-11)12-5-3-2-4-6-12;1-3-4-2/h7-10,12H,2-6H2,1H3;3-4H,1-2H2. The molecule has 0 spiro atoms. The third-order valence-electron chi connectivity index (χ3n) is 3.32. The second kappa shape index (κ2) is 7.89. The van der Waals surface area contributed by atoms with E-state index in [-0.39, 0.29) is 0 Å². The fourth-order valence-corrected chi connectivity index (χ4v) is 2.27. The highest BCUT2D eigenvalue weighted by molar-refractivity contribution is 5.24. The summed E-state index contributed by atoms with van der Waals surface area (Å²) in [7, 11) is 0. The van der Waals surface area contributed by atoms with E-state index < -0.39 is 0 Å². The van der Waals surface area contributed by atoms with Gasteiger partial charge in [-0.05, 0) is 31.2 Å². The van der Waals surface area contributed by atoms with Crippen LogP contribution in [0.15, 0.2) is 49.6 Å². The molecule has 0 unspecified atom stereocenters. The lowest BCUT2D eigenvalue weighted by Crippen LogP contribution is -2.04. The van der Waals surface area contributed by atoms with Gasteiger partial charge in [-0.3, -0.25) is 0 Å². The molecule has 0 bridgehead atoms. The molecule has 17 heavy (non-hydrogen) atoms. The predicted octanol–water partition coefficient (Wildman–Crippen LogP) is 5.40. The molecule has 1 aromatic rings. The fourth-order valence-electron chi connectivity index (χ4n) is 2.27. The highest BCUT2D eigenvalue weighted by Crippen LogP contribution is 2.32. The summed E-state index contributed by atoms with van der Waals surface area (Å²) >= 11 is 0. The molecule has 0 aromatic heterocycles. The lowest BCUT2D eigenvalue weighted by Gasteiger charge is -2.21. The van der Waals surface area contributed by atoms with Crippen LogP contribution >= 0.6 is 0 Å². The minimum Gasteiger partial charge on any atom is -0.0991 e. The van der Waals surface area contributed by atoms with Gasteiger partial charge in [-0.1, -0.05) is 74.4 Å². The maximum Gasteiger partial charge on any atom is -0.0162 e. The Morgan fingerprint density at radius 2 is 1.47 bits per heavy atom. The molecule has 1 fully saturated rings. The lowest BCUT2D eigenvalue weighted by atomic mass is 9.84. The van der Waals surface area contributed by atoms with Gasteiger partial charge in [-0.25, -0.2) is 0 Å². The van der Waals surface area contributed by atoms with E-state index in [0.29, 0.717) is 0 Å². The summed E-state index contributed by atoms with van der Waals surface area (Å²) in [6.45, 7) is 8.88. The molecule has 0 heteroatoms. The summed E-state index contributed by atoms with van der Waals surface area (Å²) in [4.78, 5) is 0. The monoisotopic (exact) mass is 228 g/mol. The largest absolute Gasteiger partial charge is 0.0991 e. The van der Waals surface area contributed by atoms with Gasteiger partial charge in [0.2, 0.25) is 0 Å². The van der Waals surface area contributed by atoms with Crippen LogP contribution in [0.5, 0.6) is 0 Å². The Labute approximate surface area is 106 Å². The molecule has 0 radical (unpaired) electrons. The van der Waals surface area contributed by atoms with E-state index >= 15 is 0 Å². The Morgan fingerprint density at radius 1 is 0.941 bits per heavy atom. The maximum atomic E-state index is 3.36. The quantitative estimate of drug-likeness (QED) is 0.594. The summed E-state index contributed by atoms with van der Waals surface area (Å²) in [5, 5.41) is 0. The van der Waals surface area contributed by atoms with Crippen molar-refractivity contribution in [1.29, 1.82) is 0 Å². The van der Waals surface area contributed by atoms with Gasteiger partial charge in [-0.15, -0.1) is 0 Å². The first-order chi connectivity index (χ1) is 8.27. The zero-order chi connectivity index (χ0) is 12.5. The SMILES string of the molecule is C=CC=C.Cc1ccc(C2CCCCC2)cc1. The number of hydrogen-bond donors (Lipinski definition) is 0. The molecule has 2 rings (SSSR count). The molecule has 1 aliphatic carbocycles. The van der Waals surface area contributed by atoms with Crippen molar-refractivity contribution >= 4 is 0 Å². The Morgan fingerprint density at radius 3 is 1.94 bits per heavy atom. The van der Waals surface area contributed by atoms with Crippen molar-refractivity contribution in [3.8, 4) is 0 Å². The third kappa shape index (κ3) is 5.04. The van der Waals surface area contributed by atoms with E-state index in [4.69, 9.17) is 0 Å². The Balaban J connectivity index is 0.000000317. The number of allylic oxidation sites excluding steroid dienone is 2. The summed E-state index contributed by atoms with van der Waals surface area (Å²) < 4.78 is 0. The molecule has 1 saturated carbocycles.